The van der Waals surface area contributed by atoms with Crippen LogP contribution in [-0.4, -0.2) is 12.0 Å². The zero-order valence-electron chi connectivity index (χ0n) is 2.72. The normalized spacial score (nSPS) is 7.40. The largest absolute Gasteiger partial charge is 0.303 e. The molecule has 0 atom stereocenters. The zero-order chi connectivity index (χ0) is 4.12. The molecule has 0 aliphatic heterocycles. The molecule has 0 fully saturated rings. The van der Waals surface area contributed by atoms with Crippen molar-refractivity contribution in [3.05, 3.63) is 6.42 Å². The van der Waals surface area contributed by atoms with E-state index in [0.29, 0.717) is 5.75 Å². The lowest BCUT2D eigenvalue weighted by molar-refractivity contribution is -0.105. The summed E-state index contributed by atoms with van der Waals surface area (Å²) in [5.74, 6) is 0.545. The molecule has 0 heterocycles. The summed E-state index contributed by atoms with van der Waals surface area (Å²) in [6.45, 7) is 0. The van der Waals surface area contributed by atoms with E-state index in [1.165, 1.54) is 6.42 Å². The van der Waals surface area contributed by atoms with Crippen LogP contribution in [0.5, 0.6) is 0 Å². The molecule has 0 rings (SSSR count). The van der Waals surface area contributed by atoms with Crippen LogP contribution in [0.15, 0.2) is 0 Å². The summed E-state index contributed by atoms with van der Waals surface area (Å²) in [5, 5.41) is 0. The second-order valence-electron chi connectivity index (χ2n) is 0.554. The fraction of sp³-hybridized carbons (Fsp3) is 0.333. The van der Waals surface area contributed by atoms with Gasteiger partial charge in [-0.1, -0.05) is 0 Å². The summed E-state index contributed by atoms with van der Waals surface area (Å²) < 4.78 is 0. The Balaban J connectivity index is 2.40. The number of rotatable bonds is 2. The van der Waals surface area contributed by atoms with Crippen LogP contribution in [0.4, 0.5) is 0 Å². The zero-order valence-corrected chi connectivity index (χ0v) is 3.61. The van der Waals surface area contributed by atoms with Gasteiger partial charge in [0.05, 0.1) is 0 Å². The number of hydrogen-bond donors (Lipinski definition) is 1. The fourth-order valence-electron chi connectivity index (χ4n) is 0.0430. The predicted octanol–water partition coefficient (Wildman–Crippen LogP) is 0.319. The molecule has 5 heavy (non-hydrogen) atoms. The molecule has 0 N–H and O–H groups in total. The van der Waals surface area contributed by atoms with Crippen LogP contribution >= 0.6 is 12.6 Å². The van der Waals surface area contributed by atoms with Crippen molar-refractivity contribution in [1.29, 1.82) is 0 Å². The van der Waals surface area contributed by atoms with Gasteiger partial charge in [0.1, 0.15) is 6.29 Å². The first-order chi connectivity index (χ1) is 2.41. The van der Waals surface area contributed by atoms with Crippen LogP contribution in [0.1, 0.15) is 0 Å². The molecule has 0 spiro atoms. The smallest absolute Gasteiger partial charge is 0.124 e. The fourth-order valence-corrected chi connectivity index (χ4v) is 0.129. The molecule has 0 aliphatic rings. The maximum atomic E-state index is 9.30. The van der Waals surface area contributed by atoms with Crippen molar-refractivity contribution < 1.29 is 4.79 Å². The summed E-state index contributed by atoms with van der Waals surface area (Å²) >= 11 is 3.71. The van der Waals surface area contributed by atoms with Crippen LogP contribution in [-0.2, 0) is 4.79 Å². The topological polar surface area (TPSA) is 17.1 Å². The monoisotopic (exact) mass is 89.0 g/mol. The maximum Gasteiger partial charge on any atom is 0.124 e. The van der Waals surface area contributed by atoms with Crippen LogP contribution in [0.25, 0.3) is 0 Å². The summed E-state index contributed by atoms with van der Waals surface area (Å²) in [7, 11) is 0. The SMILES string of the molecule is O=C[CH]CS. The van der Waals surface area contributed by atoms with Crippen LogP contribution < -0.4 is 0 Å². The highest BCUT2D eigenvalue weighted by Gasteiger charge is 1.68. The Bertz CT molecular complexity index is 28.1. The van der Waals surface area contributed by atoms with Crippen molar-refractivity contribution >= 4 is 18.9 Å². The van der Waals surface area contributed by atoms with Crippen LogP contribution in [0.2, 0.25) is 0 Å². The van der Waals surface area contributed by atoms with E-state index < -0.39 is 0 Å². The van der Waals surface area contributed by atoms with Crippen molar-refractivity contribution in [2.75, 3.05) is 5.75 Å². The third-order valence-corrected chi connectivity index (χ3v) is 0.412. The quantitative estimate of drug-likeness (QED) is 0.381. The van der Waals surface area contributed by atoms with E-state index in [0.717, 1.165) is 6.29 Å². The average Bonchev–Trinajstić information content (AvgIpc) is 1.41. The summed E-state index contributed by atoms with van der Waals surface area (Å²) in [5.41, 5.74) is 0. The molecule has 0 saturated heterocycles. The highest BCUT2D eigenvalue weighted by molar-refractivity contribution is 7.80. The molecule has 0 bridgehead atoms. The Morgan fingerprint density at radius 1 is 1.80 bits per heavy atom. The van der Waals surface area contributed by atoms with E-state index in [2.05, 4.69) is 12.6 Å². The molecular weight excluding hydrogens is 84.1 g/mol. The van der Waals surface area contributed by atoms with Crippen molar-refractivity contribution in [1.82, 2.24) is 0 Å². The third-order valence-electron chi connectivity index (χ3n) is 0.202. The van der Waals surface area contributed by atoms with Gasteiger partial charge in [0.2, 0.25) is 0 Å². The molecule has 0 amide bonds. The Morgan fingerprint density at radius 3 is 2.40 bits per heavy atom. The van der Waals surface area contributed by atoms with Gasteiger partial charge in [-0.2, -0.15) is 12.6 Å². The molecule has 0 aromatic heterocycles. The van der Waals surface area contributed by atoms with Crippen LogP contribution in [0, 0.1) is 6.42 Å². The van der Waals surface area contributed by atoms with Crippen LogP contribution in [0.3, 0.4) is 0 Å². The van der Waals surface area contributed by atoms with Crippen molar-refractivity contribution in [2.45, 2.75) is 0 Å². The number of aldehydes is 1. The van der Waals surface area contributed by atoms with Gasteiger partial charge in [-0.05, 0) is 0 Å². The first kappa shape index (κ1) is 5.02. The predicted molar refractivity (Wildman–Crippen MR) is 24.2 cm³/mol. The third kappa shape index (κ3) is 4.02. The molecule has 29 valence electrons. The number of hydrogen-bond acceptors (Lipinski definition) is 2. The van der Waals surface area contributed by atoms with Crippen molar-refractivity contribution in [3.63, 3.8) is 0 Å². The summed E-state index contributed by atoms with van der Waals surface area (Å²) in [6.07, 6.45) is 2.16. The van der Waals surface area contributed by atoms with E-state index >= 15 is 0 Å². The van der Waals surface area contributed by atoms with E-state index in [1.807, 2.05) is 0 Å². The molecule has 0 unspecified atom stereocenters. The minimum atomic E-state index is 0.545. The second-order valence-corrected chi connectivity index (χ2v) is 0.920. The van der Waals surface area contributed by atoms with E-state index in [4.69, 9.17) is 0 Å². The Kier molecular flexibility index (Phi) is 4.04. The van der Waals surface area contributed by atoms with E-state index in [1.54, 1.807) is 0 Å². The average molecular weight is 89.1 g/mol. The first-order valence-corrected chi connectivity index (χ1v) is 1.93. The molecule has 0 saturated carbocycles. The summed E-state index contributed by atoms with van der Waals surface area (Å²) in [4.78, 5) is 9.30. The van der Waals surface area contributed by atoms with Crippen molar-refractivity contribution in [2.24, 2.45) is 0 Å². The number of thiol groups is 1. The van der Waals surface area contributed by atoms with Gasteiger partial charge < -0.3 is 4.79 Å². The van der Waals surface area contributed by atoms with Crippen molar-refractivity contribution in [3.8, 4) is 0 Å². The molecular formula is C3H5OS. The number of carbonyl (C=O) groups is 1. The highest BCUT2D eigenvalue weighted by Crippen LogP contribution is 1.71. The molecule has 0 aromatic rings. The van der Waals surface area contributed by atoms with Gasteiger partial charge in [0.25, 0.3) is 0 Å². The number of carbonyl (C=O) groups excluding carboxylic acids is 1. The molecule has 2 heteroatoms. The van der Waals surface area contributed by atoms with E-state index in [-0.39, 0.29) is 0 Å². The molecule has 0 aromatic carbocycles. The first-order valence-electron chi connectivity index (χ1n) is 1.29. The van der Waals surface area contributed by atoms with Gasteiger partial charge >= 0.3 is 0 Å². The Hall–Kier alpha value is 0.0200. The minimum Gasteiger partial charge on any atom is -0.303 e. The standard InChI is InChI=1S/C3H5OS/c4-2-1-3-5/h1-2,5H,3H2. The molecule has 1 radical (unpaired) electrons. The summed E-state index contributed by atoms with van der Waals surface area (Å²) in [6, 6.07) is 0. The second kappa shape index (κ2) is 4.02. The minimum absolute atomic E-state index is 0.545. The van der Waals surface area contributed by atoms with Gasteiger partial charge in [0, 0.05) is 12.2 Å². The van der Waals surface area contributed by atoms with Gasteiger partial charge in [0.15, 0.2) is 0 Å². The van der Waals surface area contributed by atoms with Gasteiger partial charge in [-0.3, -0.25) is 0 Å². The molecule has 1 nitrogen and oxygen atoms in total. The highest BCUT2D eigenvalue weighted by atomic mass is 32.1. The van der Waals surface area contributed by atoms with E-state index in [9.17, 15) is 4.79 Å². The Morgan fingerprint density at radius 2 is 2.40 bits per heavy atom. The lowest BCUT2D eigenvalue weighted by atomic mass is 10.6. The van der Waals surface area contributed by atoms with Gasteiger partial charge in [-0.25, -0.2) is 0 Å². The maximum absolute atomic E-state index is 9.30. The molecule has 0 aliphatic carbocycles. The lowest BCUT2D eigenvalue weighted by Gasteiger charge is -1.67. The lowest BCUT2D eigenvalue weighted by Crippen LogP contribution is -1.72. The Labute approximate surface area is 36.8 Å². The van der Waals surface area contributed by atoms with Gasteiger partial charge in [-0.15, -0.1) is 0 Å².